The molecule has 0 spiro atoms. The molecule has 0 fully saturated rings. The van der Waals surface area contributed by atoms with Gasteiger partial charge in [0.2, 0.25) is 0 Å². The van der Waals surface area contributed by atoms with Crippen molar-refractivity contribution in [3.05, 3.63) is 93.2 Å². The molecule has 0 aromatic rings. The van der Waals surface area contributed by atoms with Gasteiger partial charge in [-0.1, -0.05) is 166 Å². The lowest BCUT2D eigenvalue weighted by molar-refractivity contribution is 0.341. The third-order valence-electron chi connectivity index (χ3n) is 11.8. The van der Waals surface area contributed by atoms with Gasteiger partial charge in [-0.15, -0.1) is 0 Å². The molecule has 1 heteroatoms. The Morgan fingerprint density at radius 1 is 0.321 bits per heavy atom. The van der Waals surface area contributed by atoms with Crippen LogP contribution in [0.25, 0.3) is 0 Å². The number of hydrogen-bond acceptors (Lipinski definition) is 1. The minimum Gasteiger partial charge on any atom is -0.392 e. The van der Waals surface area contributed by atoms with Gasteiger partial charge >= 0.3 is 0 Å². The molecule has 0 aliphatic rings. The van der Waals surface area contributed by atoms with E-state index in [9.17, 15) is 0 Å². The molecule has 2 atom stereocenters. The SMILES string of the molecule is C/C(=C/CC/C(C)=C\CC/C(C)=C/CC/C(C)=C/CC/C(C)=C/CC/C(C)=C\CO)CC/C=C(/C)CC/C=C(\C)CCCC(C)CCCC(C)CCCC(C)C. The topological polar surface area (TPSA) is 20.2 Å². The molecule has 0 aromatic heterocycles. The van der Waals surface area contributed by atoms with Crippen LogP contribution in [-0.2, 0) is 0 Å². The Bertz CT molecular complexity index is 1240. The normalized spacial score (nSPS) is 15.7. The summed E-state index contributed by atoms with van der Waals surface area (Å²) in [4.78, 5) is 0. The predicted molar refractivity (Wildman–Crippen MR) is 256 cm³/mol. The van der Waals surface area contributed by atoms with Crippen LogP contribution in [0.4, 0.5) is 0 Å². The Hall–Kier alpha value is -2.12. The molecule has 0 rings (SSSR count). The first kappa shape index (κ1) is 53.9. The van der Waals surface area contributed by atoms with Crippen LogP contribution >= 0.6 is 0 Å². The second-order valence-electron chi connectivity index (χ2n) is 18.7. The molecule has 0 aliphatic heterocycles. The van der Waals surface area contributed by atoms with Crippen LogP contribution in [0.3, 0.4) is 0 Å². The summed E-state index contributed by atoms with van der Waals surface area (Å²) in [5.74, 6) is 2.64. The number of allylic oxidation sites excluding steroid dienone is 15. The van der Waals surface area contributed by atoms with Crippen LogP contribution in [0.5, 0.6) is 0 Å². The van der Waals surface area contributed by atoms with Gasteiger partial charge in [0.05, 0.1) is 6.61 Å². The highest BCUT2D eigenvalue weighted by atomic mass is 16.2. The van der Waals surface area contributed by atoms with Crippen molar-refractivity contribution in [2.24, 2.45) is 17.8 Å². The predicted octanol–water partition coefficient (Wildman–Crippen LogP) is 18.4. The quantitative estimate of drug-likeness (QED) is 0.0646. The third-order valence-corrected chi connectivity index (χ3v) is 11.8. The van der Waals surface area contributed by atoms with Gasteiger partial charge in [-0.3, -0.25) is 0 Å². The lowest BCUT2D eigenvalue weighted by Gasteiger charge is -2.15. The molecular weight excluding hydrogens is 677 g/mol. The van der Waals surface area contributed by atoms with E-state index in [2.05, 4.69) is 126 Å². The van der Waals surface area contributed by atoms with E-state index < -0.39 is 0 Å². The summed E-state index contributed by atoms with van der Waals surface area (Å²) in [6.45, 7) is 28.0. The summed E-state index contributed by atoms with van der Waals surface area (Å²) in [6.07, 6.45) is 47.7. The summed E-state index contributed by atoms with van der Waals surface area (Å²) >= 11 is 0. The number of aliphatic hydroxyl groups excluding tert-OH is 1. The van der Waals surface area contributed by atoms with E-state index in [0.29, 0.717) is 0 Å². The minimum atomic E-state index is 0.151. The van der Waals surface area contributed by atoms with Crippen molar-refractivity contribution in [2.45, 2.75) is 231 Å². The van der Waals surface area contributed by atoms with E-state index in [1.165, 1.54) is 130 Å². The summed E-state index contributed by atoms with van der Waals surface area (Å²) in [5, 5.41) is 8.99. The van der Waals surface area contributed by atoms with Crippen LogP contribution in [0, 0.1) is 17.8 Å². The van der Waals surface area contributed by atoms with E-state index in [4.69, 9.17) is 5.11 Å². The molecular formula is C55H96O. The van der Waals surface area contributed by atoms with Crippen LogP contribution in [-0.4, -0.2) is 11.7 Å². The first-order chi connectivity index (χ1) is 26.7. The van der Waals surface area contributed by atoms with E-state index >= 15 is 0 Å². The second kappa shape index (κ2) is 36.0. The van der Waals surface area contributed by atoms with Gasteiger partial charge in [0.1, 0.15) is 0 Å². The van der Waals surface area contributed by atoms with Gasteiger partial charge in [0.25, 0.3) is 0 Å². The molecule has 0 aliphatic carbocycles. The average Bonchev–Trinajstić information content (AvgIpc) is 3.11. The zero-order chi connectivity index (χ0) is 42.0. The fourth-order valence-corrected chi connectivity index (χ4v) is 7.50. The van der Waals surface area contributed by atoms with Crippen molar-refractivity contribution < 1.29 is 5.11 Å². The van der Waals surface area contributed by atoms with Crippen molar-refractivity contribution in [3.63, 3.8) is 0 Å². The maximum Gasteiger partial charge on any atom is 0.0614 e. The van der Waals surface area contributed by atoms with E-state index in [-0.39, 0.29) is 6.61 Å². The Morgan fingerprint density at radius 3 is 0.821 bits per heavy atom. The van der Waals surface area contributed by atoms with Crippen LogP contribution in [0.1, 0.15) is 231 Å². The standard InChI is InChI=1S/C55H96O/c1-45(2)23-13-24-46(3)25-14-26-47(4)27-15-28-48(5)29-16-30-49(6)31-17-32-50(7)33-18-34-51(8)35-19-36-52(9)37-20-38-53(10)39-21-40-54(11)41-22-42-55(12)43-44-56/h29,31,33,35,37,39,41,43,45-47,56H,13-28,30,32,34,36,38,40,42,44H2,1-12H3/b48-29+,49-31-,50-33-,51-35-,52-37+,53-39+,54-41+,55-43-. The Balaban J connectivity index is 4.16. The molecule has 1 nitrogen and oxygen atoms in total. The first-order valence-corrected chi connectivity index (χ1v) is 23.6. The molecule has 0 heterocycles. The molecule has 0 saturated heterocycles. The van der Waals surface area contributed by atoms with E-state index in [1.807, 2.05) is 6.08 Å². The average molecular weight is 773 g/mol. The highest BCUT2D eigenvalue weighted by Gasteiger charge is 2.07. The van der Waals surface area contributed by atoms with Gasteiger partial charge in [-0.25, -0.2) is 0 Å². The number of aliphatic hydroxyl groups is 1. The molecule has 322 valence electrons. The van der Waals surface area contributed by atoms with Gasteiger partial charge in [-0.05, 0) is 176 Å². The van der Waals surface area contributed by atoms with Crippen molar-refractivity contribution in [1.82, 2.24) is 0 Å². The van der Waals surface area contributed by atoms with Crippen molar-refractivity contribution in [2.75, 3.05) is 6.61 Å². The maximum absolute atomic E-state index is 8.99. The molecule has 0 saturated carbocycles. The van der Waals surface area contributed by atoms with Gasteiger partial charge in [0.15, 0.2) is 0 Å². The van der Waals surface area contributed by atoms with Gasteiger partial charge in [0, 0.05) is 0 Å². The minimum absolute atomic E-state index is 0.151. The summed E-state index contributed by atoms with van der Waals surface area (Å²) < 4.78 is 0. The molecule has 1 N–H and O–H groups in total. The van der Waals surface area contributed by atoms with Crippen LogP contribution in [0.15, 0.2) is 93.2 Å². The largest absolute Gasteiger partial charge is 0.392 e. The Kier molecular flexibility index (Phi) is 34.6. The molecule has 0 radical (unpaired) electrons. The van der Waals surface area contributed by atoms with Crippen LogP contribution in [0.2, 0.25) is 0 Å². The highest BCUT2D eigenvalue weighted by molar-refractivity contribution is 5.10. The Morgan fingerprint density at radius 2 is 0.554 bits per heavy atom. The van der Waals surface area contributed by atoms with E-state index in [1.54, 1.807) is 11.1 Å². The molecule has 0 bridgehead atoms. The smallest absolute Gasteiger partial charge is 0.0614 e. The summed E-state index contributed by atoms with van der Waals surface area (Å²) in [6, 6.07) is 0. The molecule has 0 amide bonds. The third kappa shape index (κ3) is 36.2. The lowest BCUT2D eigenvalue weighted by Crippen LogP contribution is -2.00. The van der Waals surface area contributed by atoms with Gasteiger partial charge in [-0.2, -0.15) is 0 Å². The van der Waals surface area contributed by atoms with Crippen molar-refractivity contribution >= 4 is 0 Å². The second-order valence-corrected chi connectivity index (χ2v) is 18.7. The van der Waals surface area contributed by atoms with Crippen molar-refractivity contribution in [3.8, 4) is 0 Å². The molecule has 2 unspecified atom stereocenters. The maximum atomic E-state index is 8.99. The zero-order valence-electron chi connectivity index (χ0n) is 39.8. The van der Waals surface area contributed by atoms with E-state index in [0.717, 1.165) is 69.1 Å². The fraction of sp³-hybridized carbons (Fsp3) is 0.709. The monoisotopic (exact) mass is 773 g/mol. The summed E-state index contributed by atoms with van der Waals surface area (Å²) in [7, 11) is 0. The molecule has 56 heavy (non-hydrogen) atoms. The van der Waals surface area contributed by atoms with Crippen molar-refractivity contribution in [1.29, 1.82) is 0 Å². The fourth-order valence-electron chi connectivity index (χ4n) is 7.50. The number of rotatable bonds is 34. The highest BCUT2D eigenvalue weighted by Crippen LogP contribution is 2.23. The van der Waals surface area contributed by atoms with Crippen LogP contribution < -0.4 is 0 Å². The first-order valence-electron chi connectivity index (χ1n) is 23.6. The van der Waals surface area contributed by atoms with Gasteiger partial charge < -0.3 is 5.11 Å². The molecule has 0 aromatic carbocycles. The Labute approximate surface area is 352 Å². The number of hydrogen-bond donors (Lipinski definition) is 1. The summed E-state index contributed by atoms with van der Waals surface area (Å²) in [5.41, 5.74) is 12.0. The lowest BCUT2D eigenvalue weighted by atomic mass is 9.91. The zero-order valence-corrected chi connectivity index (χ0v) is 39.8.